The summed E-state index contributed by atoms with van der Waals surface area (Å²) >= 11 is 0. The van der Waals surface area contributed by atoms with Crippen molar-refractivity contribution in [2.24, 2.45) is 0 Å². The molecule has 3 rings (SSSR count). The molecule has 0 aliphatic carbocycles. The highest BCUT2D eigenvalue weighted by Crippen LogP contribution is 2.37. The van der Waals surface area contributed by atoms with Gasteiger partial charge in [0.2, 0.25) is 12.7 Å². The third kappa shape index (κ3) is 3.60. The van der Waals surface area contributed by atoms with Crippen molar-refractivity contribution in [3.63, 3.8) is 0 Å². The average Bonchev–Trinajstić information content (AvgIpc) is 3.00. The highest BCUT2D eigenvalue weighted by molar-refractivity contribution is 6.10. The van der Waals surface area contributed by atoms with Crippen LogP contribution in [-0.2, 0) is 4.79 Å². The zero-order valence-corrected chi connectivity index (χ0v) is 13.7. The summed E-state index contributed by atoms with van der Waals surface area (Å²) in [5.74, 6) is 0.0875. The van der Waals surface area contributed by atoms with E-state index in [9.17, 15) is 14.4 Å². The molecule has 0 atom stereocenters. The number of benzene rings is 2. The Hall–Kier alpha value is -3.35. The van der Waals surface area contributed by atoms with Gasteiger partial charge in [-0.15, -0.1) is 0 Å². The van der Waals surface area contributed by atoms with Gasteiger partial charge in [0.15, 0.2) is 17.3 Å². The van der Waals surface area contributed by atoms with E-state index < -0.39 is 5.91 Å². The summed E-state index contributed by atoms with van der Waals surface area (Å²) in [5.41, 5.74) is 1.53. The number of ether oxygens (including phenoxy) is 2. The molecular weight excluding hydrogens is 324 g/mol. The normalized spacial score (nSPS) is 11.8. The van der Waals surface area contributed by atoms with Gasteiger partial charge in [0.1, 0.15) is 0 Å². The monoisotopic (exact) mass is 340 g/mol. The van der Waals surface area contributed by atoms with E-state index in [1.54, 1.807) is 36.4 Å². The second-order valence-corrected chi connectivity index (χ2v) is 5.52. The number of anilines is 2. The molecule has 1 aliphatic rings. The van der Waals surface area contributed by atoms with Crippen LogP contribution in [0.4, 0.5) is 11.4 Å². The third-order valence-corrected chi connectivity index (χ3v) is 3.59. The summed E-state index contributed by atoms with van der Waals surface area (Å²) in [6.07, 6.45) is 0. The highest BCUT2D eigenvalue weighted by atomic mass is 16.7. The van der Waals surface area contributed by atoms with Gasteiger partial charge in [-0.3, -0.25) is 14.4 Å². The molecule has 0 aromatic heterocycles. The smallest absolute Gasteiger partial charge is 0.255 e. The first kappa shape index (κ1) is 16.5. The number of amides is 2. The minimum Gasteiger partial charge on any atom is -0.454 e. The summed E-state index contributed by atoms with van der Waals surface area (Å²) in [4.78, 5) is 35.5. The molecule has 128 valence electrons. The van der Waals surface area contributed by atoms with Crippen molar-refractivity contribution in [3.8, 4) is 11.5 Å². The number of Topliss-reactive ketones (excluding diaryl/α,β-unsaturated/α-hetero) is 1. The number of ketones is 1. The Labute approximate surface area is 143 Å². The van der Waals surface area contributed by atoms with Crippen LogP contribution in [0.25, 0.3) is 0 Å². The molecule has 2 N–H and O–H groups in total. The lowest BCUT2D eigenvalue weighted by Crippen LogP contribution is -2.15. The Kier molecular flexibility index (Phi) is 4.38. The number of hydrogen-bond acceptors (Lipinski definition) is 5. The van der Waals surface area contributed by atoms with Crippen molar-refractivity contribution in [1.29, 1.82) is 0 Å². The van der Waals surface area contributed by atoms with Crippen molar-refractivity contribution >= 4 is 29.0 Å². The van der Waals surface area contributed by atoms with Crippen molar-refractivity contribution in [2.45, 2.75) is 13.8 Å². The summed E-state index contributed by atoms with van der Waals surface area (Å²) in [6.45, 7) is 2.87. The predicted molar refractivity (Wildman–Crippen MR) is 91.3 cm³/mol. The molecule has 2 aromatic rings. The second kappa shape index (κ2) is 6.64. The van der Waals surface area contributed by atoms with Gasteiger partial charge >= 0.3 is 0 Å². The van der Waals surface area contributed by atoms with Gasteiger partial charge in [-0.25, -0.2) is 0 Å². The van der Waals surface area contributed by atoms with Crippen molar-refractivity contribution in [1.82, 2.24) is 0 Å². The minimum atomic E-state index is -0.409. The fourth-order valence-electron chi connectivity index (χ4n) is 2.47. The maximum atomic E-state index is 12.5. The van der Waals surface area contributed by atoms with E-state index in [1.807, 2.05) is 0 Å². The van der Waals surface area contributed by atoms with Crippen molar-refractivity contribution in [3.05, 3.63) is 47.5 Å². The zero-order chi connectivity index (χ0) is 18.0. The van der Waals surface area contributed by atoms with Crippen LogP contribution in [0.5, 0.6) is 11.5 Å². The number of rotatable bonds is 4. The topological polar surface area (TPSA) is 93.7 Å². The van der Waals surface area contributed by atoms with Crippen molar-refractivity contribution in [2.75, 3.05) is 17.4 Å². The standard InChI is InChI=1S/C18H16N2O5/c1-10(21)14-7-16-17(25-9-24-16)8-15(14)20-18(23)12-4-3-5-13(6-12)19-11(2)22/h3-8H,9H2,1-2H3,(H,19,22)(H,20,23). The molecule has 25 heavy (non-hydrogen) atoms. The predicted octanol–water partition coefficient (Wildman–Crippen LogP) is 2.83. The molecule has 0 spiro atoms. The molecule has 0 saturated heterocycles. The van der Waals surface area contributed by atoms with E-state index in [2.05, 4.69) is 10.6 Å². The van der Waals surface area contributed by atoms with Crippen LogP contribution in [0.3, 0.4) is 0 Å². The Morgan fingerprint density at radius 2 is 1.68 bits per heavy atom. The Bertz CT molecular complexity index is 876. The van der Waals surface area contributed by atoms with E-state index >= 15 is 0 Å². The largest absolute Gasteiger partial charge is 0.454 e. The zero-order valence-electron chi connectivity index (χ0n) is 13.7. The number of fused-ring (bicyclic) bond motifs is 1. The van der Waals surface area contributed by atoms with Gasteiger partial charge in [-0.05, 0) is 31.2 Å². The summed E-state index contributed by atoms with van der Waals surface area (Å²) < 4.78 is 10.6. The van der Waals surface area contributed by atoms with Crippen LogP contribution in [-0.4, -0.2) is 24.4 Å². The average molecular weight is 340 g/mol. The Morgan fingerprint density at radius 3 is 2.36 bits per heavy atom. The number of nitrogens with one attached hydrogen (secondary N) is 2. The Balaban J connectivity index is 1.88. The quantitative estimate of drug-likeness (QED) is 0.835. The summed E-state index contributed by atoms with van der Waals surface area (Å²) in [7, 11) is 0. The maximum absolute atomic E-state index is 12.5. The minimum absolute atomic E-state index is 0.0723. The summed E-state index contributed by atoms with van der Waals surface area (Å²) in [5, 5.41) is 5.33. The molecule has 1 aliphatic heterocycles. The molecule has 7 heteroatoms. The van der Waals surface area contributed by atoms with Gasteiger partial charge in [-0.1, -0.05) is 6.07 Å². The van der Waals surface area contributed by atoms with Crippen LogP contribution in [0.1, 0.15) is 34.6 Å². The van der Waals surface area contributed by atoms with Gasteiger partial charge in [0.05, 0.1) is 5.69 Å². The lowest BCUT2D eigenvalue weighted by atomic mass is 10.1. The molecule has 0 saturated carbocycles. The van der Waals surface area contributed by atoms with Gasteiger partial charge in [0.25, 0.3) is 5.91 Å². The first-order valence-corrected chi connectivity index (χ1v) is 7.57. The van der Waals surface area contributed by atoms with Crippen LogP contribution in [0.2, 0.25) is 0 Å². The SMILES string of the molecule is CC(=O)Nc1cccc(C(=O)Nc2cc3c(cc2C(C)=O)OCO3)c1. The molecule has 7 nitrogen and oxygen atoms in total. The summed E-state index contributed by atoms with van der Waals surface area (Å²) in [6, 6.07) is 9.62. The van der Waals surface area contributed by atoms with Crippen LogP contribution in [0, 0.1) is 0 Å². The van der Waals surface area contributed by atoms with Crippen LogP contribution >= 0.6 is 0 Å². The second-order valence-electron chi connectivity index (χ2n) is 5.52. The first-order chi connectivity index (χ1) is 11.9. The molecule has 2 amide bonds. The first-order valence-electron chi connectivity index (χ1n) is 7.57. The van der Waals surface area contributed by atoms with E-state index in [0.29, 0.717) is 34.0 Å². The molecule has 0 bridgehead atoms. The van der Waals surface area contributed by atoms with Crippen molar-refractivity contribution < 1.29 is 23.9 Å². The van der Waals surface area contributed by atoms with E-state index in [-0.39, 0.29) is 18.5 Å². The highest BCUT2D eigenvalue weighted by Gasteiger charge is 2.20. The molecular formula is C18H16N2O5. The van der Waals surface area contributed by atoms with E-state index in [0.717, 1.165) is 0 Å². The van der Waals surface area contributed by atoms with Gasteiger partial charge in [-0.2, -0.15) is 0 Å². The van der Waals surface area contributed by atoms with Crippen LogP contribution < -0.4 is 20.1 Å². The molecule has 0 fully saturated rings. The lowest BCUT2D eigenvalue weighted by Gasteiger charge is -2.11. The van der Waals surface area contributed by atoms with Crippen LogP contribution in [0.15, 0.2) is 36.4 Å². The number of hydrogen-bond donors (Lipinski definition) is 2. The maximum Gasteiger partial charge on any atom is 0.255 e. The van der Waals surface area contributed by atoms with Gasteiger partial charge in [0, 0.05) is 29.8 Å². The fraction of sp³-hybridized carbons (Fsp3) is 0.167. The molecule has 1 heterocycles. The third-order valence-electron chi connectivity index (χ3n) is 3.59. The molecule has 2 aromatic carbocycles. The van der Waals surface area contributed by atoms with Gasteiger partial charge < -0.3 is 20.1 Å². The lowest BCUT2D eigenvalue weighted by molar-refractivity contribution is -0.114. The Morgan fingerprint density at radius 1 is 0.960 bits per heavy atom. The fourth-order valence-corrected chi connectivity index (χ4v) is 2.47. The number of carbonyl (C=O) groups excluding carboxylic acids is 3. The molecule has 0 radical (unpaired) electrons. The van der Waals surface area contributed by atoms with E-state index in [4.69, 9.17) is 9.47 Å². The molecule has 0 unspecified atom stereocenters. The van der Waals surface area contributed by atoms with E-state index in [1.165, 1.54) is 13.8 Å². The number of carbonyl (C=O) groups is 3.